The molecule has 0 saturated heterocycles. The van der Waals surface area contributed by atoms with Crippen molar-refractivity contribution in [3.8, 4) is 22.9 Å². The Morgan fingerprint density at radius 1 is 1.00 bits per heavy atom. The first-order chi connectivity index (χ1) is 15.6. The molecule has 0 aliphatic heterocycles. The van der Waals surface area contributed by atoms with Gasteiger partial charge in [0.2, 0.25) is 11.8 Å². The van der Waals surface area contributed by atoms with Gasteiger partial charge in [0.1, 0.15) is 0 Å². The summed E-state index contributed by atoms with van der Waals surface area (Å²) in [6.45, 7) is 0. The fourth-order valence-corrected chi connectivity index (χ4v) is 3.09. The summed E-state index contributed by atoms with van der Waals surface area (Å²) in [5, 5.41) is 2.87. The molecule has 0 aliphatic carbocycles. The third-order valence-electron chi connectivity index (χ3n) is 4.54. The maximum absolute atomic E-state index is 15.0. The van der Waals surface area contributed by atoms with Crippen LogP contribution in [0.5, 0.6) is 11.6 Å². The fourth-order valence-electron chi connectivity index (χ4n) is 3.09. The number of aromatic nitrogens is 3. The maximum atomic E-state index is 15.0. The Bertz CT molecular complexity index is 1250. The maximum Gasteiger partial charge on any atom is 0.323 e. The standard InChI is InChI=1S/C23H19FN6O2/c1-26-23-28-13-11-19(29-23)17-8-5-12-27-21(17)32-20-10-9-16(14-18(20)24)30(22(25)31)15-6-3-2-4-7-15/h2-14H,1H3,(H2,25,31)(H,26,28,29). The number of rotatable bonds is 6. The van der Waals surface area contributed by atoms with Crippen molar-refractivity contribution in [2.24, 2.45) is 5.73 Å². The van der Waals surface area contributed by atoms with E-state index in [0.29, 0.717) is 22.9 Å². The first kappa shape index (κ1) is 20.7. The number of carbonyl (C=O) groups excluding carboxylic acids is 1. The molecule has 160 valence electrons. The molecular formula is C23H19FN6O2. The summed E-state index contributed by atoms with van der Waals surface area (Å²) < 4.78 is 20.7. The minimum atomic E-state index is -0.736. The smallest absolute Gasteiger partial charge is 0.323 e. The number of amides is 2. The molecule has 9 heteroatoms. The van der Waals surface area contributed by atoms with Gasteiger partial charge in [0.25, 0.3) is 0 Å². The molecule has 0 bridgehead atoms. The number of urea groups is 1. The number of para-hydroxylation sites is 1. The van der Waals surface area contributed by atoms with E-state index in [1.165, 1.54) is 23.2 Å². The molecule has 0 spiro atoms. The predicted molar refractivity (Wildman–Crippen MR) is 119 cm³/mol. The lowest BCUT2D eigenvalue weighted by Crippen LogP contribution is -2.31. The average Bonchev–Trinajstić information content (AvgIpc) is 2.82. The third-order valence-corrected chi connectivity index (χ3v) is 4.54. The molecule has 0 saturated carbocycles. The van der Waals surface area contributed by atoms with Crippen LogP contribution in [0.2, 0.25) is 0 Å². The lowest BCUT2D eigenvalue weighted by molar-refractivity contribution is 0.256. The highest BCUT2D eigenvalue weighted by Crippen LogP contribution is 2.34. The number of anilines is 3. The SMILES string of the molecule is CNc1nccc(-c2cccnc2Oc2ccc(N(C(N)=O)c3ccccc3)cc2F)n1. The van der Waals surface area contributed by atoms with Gasteiger partial charge in [-0.3, -0.25) is 4.90 Å². The van der Waals surface area contributed by atoms with E-state index in [1.54, 1.807) is 61.8 Å². The highest BCUT2D eigenvalue weighted by molar-refractivity contribution is 5.98. The van der Waals surface area contributed by atoms with Crippen molar-refractivity contribution in [3.63, 3.8) is 0 Å². The quantitative estimate of drug-likeness (QED) is 0.458. The van der Waals surface area contributed by atoms with Crippen molar-refractivity contribution in [1.29, 1.82) is 0 Å². The van der Waals surface area contributed by atoms with E-state index in [2.05, 4.69) is 20.3 Å². The third kappa shape index (κ3) is 4.31. The summed E-state index contributed by atoms with van der Waals surface area (Å²) in [6, 6.07) is 17.3. The number of halogens is 1. The molecule has 2 aromatic heterocycles. The second-order valence-corrected chi connectivity index (χ2v) is 6.60. The number of benzene rings is 2. The van der Waals surface area contributed by atoms with Crippen LogP contribution in [-0.2, 0) is 0 Å². The number of ether oxygens (including phenoxy) is 1. The normalized spacial score (nSPS) is 10.4. The van der Waals surface area contributed by atoms with E-state index in [9.17, 15) is 9.18 Å². The van der Waals surface area contributed by atoms with Gasteiger partial charge in [-0.15, -0.1) is 0 Å². The van der Waals surface area contributed by atoms with E-state index >= 15 is 0 Å². The molecule has 2 aromatic carbocycles. The minimum Gasteiger partial charge on any atom is -0.435 e. The largest absolute Gasteiger partial charge is 0.435 e. The van der Waals surface area contributed by atoms with E-state index in [-0.39, 0.29) is 17.3 Å². The predicted octanol–water partition coefficient (Wildman–Crippen LogP) is 4.73. The molecule has 2 heterocycles. The molecule has 0 aliphatic rings. The summed E-state index contributed by atoms with van der Waals surface area (Å²) in [7, 11) is 1.71. The van der Waals surface area contributed by atoms with Gasteiger partial charge in [-0.05, 0) is 42.5 Å². The molecule has 4 rings (SSSR count). The molecule has 0 fully saturated rings. The second kappa shape index (κ2) is 9.09. The molecule has 32 heavy (non-hydrogen) atoms. The van der Waals surface area contributed by atoms with Gasteiger partial charge in [0.15, 0.2) is 11.6 Å². The van der Waals surface area contributed by atoms with Crippen LogP contribution < -0.4 is 20.7 Å². The van der Waals surface area contributed by atoms with Crippen LogP contribution in [-0.4, -0.2) is 28.0 Å². The first-order valence-corrected chi connectivity index (χ1v) is 9.65. The summed E-state index contributed by atoms with van der Waals surface area (Å²) >= 11 is 0. The van der Waals surface area contributed by atoms with Gasteiger partial charge in [-0.25, -0.2) is 24.1 Å². The summed E-state index contributed by atoms with van der Waals surface area (Å²) in [6.07, 6.45) is 3.14. The van der Waals surface area contributed by atoms with E-state index < -0.39 is 11.8 Å². The molecule has 0 atom stereocenters. The zero-order valence-corrected chi connectivity index (χ0v) is 17.1. The Hall–Kier alpha value is -4.53. The van der Waals surface area contributed by atoms with Crippen LogP contribution in [0, 0.1) is 5.82 Å². The van der Waals surface area contributed by atoms with Gasteiger partial charge >= 0.3 is 6.03 Å². The molecule has 0 unspecified atom stereocenters. The number of nitrogens with one attached hydrogen (secondary N) is 1. The topological polar surface area (TPSA) is 106 Å². The van der Waals surface area contributed by atoms with Gasteiger partial charge < -0.3 is 15.8 Å². The molecule has 4 aromatic rings. The summed E-state index contributed by atoms with van der Waals surface area (Å²) in [5.41, 5.74) is 7.44. The van der Waals surface area contributed by atoms with Crippen LogP contribution in [0.25, 0.3) is 11.3 Å². The summed E-state index contributed by atoms with van der Waals surface area (Å²) in [4.78, 5) is 25.9. The number of carbonyl (C=O) groups is 1. The number of nitrogens with two attached hydrogens (primary N) is 1. The van der Waals surface area contributed by atoms with Crippen LogP contribution in [0.1, 0.15) is 0 Å². The number of hydrogen-bond acceptors (Lipinski definition) is 6. The average molecular weight is 430 g/mol. The Labute approximate surface area is 183 Å². The highest BCUT2D eigenvalue weighted by Gasteiger charge is 2.18. The van der Waals surface area contributed by atoms with Crippen LogP contribution >= 0.6 is 0 Å². The van der Waals surface area contributed by atoms with Crippen molar-refractivity contribution in [3.05, 3.63) is 84.9 Å². The van der Waals surface area contributed by atoms with Crippen LogP contribution in [0.4, 0.5) is 26.5 Å². The lowest BCUT2D eigenvalue weighted by atomic mass is 10.2. The zero-order valence-electron chi connectivity index (χ0n) is 17.1. The van der Waals surface area contributed by atoms with Gasteiger partial charge in [0, 0.05) is 25.5 Å². The van der Waals surface area contributed by atoms with Gasteiger partial charge in [-0.2, -0.15) is 0 Å². The van der Waals surface area contributed by atoms with Crippen molar-refractivity contribution in [2.45, 2.75) is 0 Å². The number of hydrogen-bond donors (Lipinski definition) is 2. The van der Waals surface area contributed by atoms with Crippen LogP contribution in [0.3, 0.4) is 0 Å². The highest BCUT2D eigenvalue weighted by atomic mass is 19.1. The van der Waals surface area contributed by atoms with Crippen molar-refractivity contribution in [2.75, 3.05) is 17.3 Å². The molecule has 2 amide bonds. The number of nitrogens with zero attached hydrogens (tertiary/aromatic N) is 4. The van der Waals surface area contributed by atoms with Gasteiger partial charge in [0.05, 0.1) is 22.6 Å². The molecule has 3 N–H and O–H groups in total. The monoisotopic (exact) mass is 430 g/mol. The lowest BCUT2D eigenvalue weighted by Gasteiger charge is -2.21. The van der Waals surface area contributed by atoms with Crippen molar-refractivity contribution in [1.82, 2.24) is 15.0 Å². The Kier molecular flexibility index (Phi) is 5.89. The molecule has 8 nitrogen and oxygen atoms in total. The second-order valence-electron chi connectivity index (χ2n) is 6.60. The Balaban J connectivity index is 1.66. The minimum absolute atomic E-state index is 0.0610. The fraction of sp³-hybridized carbons (Fsp3) is 0.0435. The summed E-state index contributed by atoms with van der Waals surface area (Å²) in [5.74, 6) is -0.135. The number of pyridine rings is 1. The molecule has 0 radical (unpaired) electrons. The van der Waals surface area contributed by atoms with Gasteiger partial charge in [-0.1, -0.05) is 18.2 Å². The van der Waals surface area contributed by atoms with Crippen molar-refractivity contribution >= 4 is 23.4 Å². The zero-order chi connectivity index (χ0) is 22.5. The van der Waals surface area contributed by atoms with Crippen molar-refractivity contribution < 1.29 is 13.9 Å². The van der Waals surface area contributed by atoms with E-state index in [0.717, 1.165) is 0 Å². The molecular weight excluding hydrogens is 411 g/mol. The van der Waals surface area contributed by atoms with Crippen LogP contribution in [0.15, 0.2) is 79.1 Å². The number of primary amides is 1. The Morgan fingerprint density at radius 2 is 1.81 bits per heavy atom. The first-order valence-electron chi connectivity index (χ1n) is 9.65. The Morgan fingerprint density at radius 3 is 2.53 bits per heavy atom. The van der Waals surface area contributed by atoms with E-state index in [1.807, 2.05) is 6.07 Å². The van der Waals surface area contributed by atoms with E-state index in [4.69, 9.17) is 10.5 Å².